The largest absolute Gasteiger partial charge is 1.00 e. The Hall–Kier alpha value is -6.17. The predicted molar refractivity (Wildman–Crippen MR) is 208 cm³/mol. The number of aromatic nitrogens is 8. The van der Waals surface area contributed by atoms with Gasteiger partial charge in [0, 0.05) is 56.9 Å². The van der Waals surface area contributed by atoms with Crippen LogP contribution in [0.15, 0.2) is 85.7 Å². The van der Waals surface area contributed by atoms with E-state index in [1.807, 2.05) is 0 Å². The van der Waals surface area contributed by atoms with E-state index in [1.165, 1.54) is 71.4 Å². The van der Waals surface area contributed by atoms with E-state index in [2.05, 4.69) is 51.4 Å². The molecule has 0 aliphatic carbocycles. The minimum atomic E-state index is -4.48. The molecule has 6 heterocycles. The third kappa shape index (κ3) is 12.4. The Labute approximate surface area is 361 Å². The van der Waals surface area contributed by atoms with Crippen LogP contribution in [0.1, 0.15) is 68.0 Å². The molecule has 310 valence electrons. The second kappa shape index (κ2) is 20.2. The number of anilines is 6. The number of nitrogens with zero attached hydrogens (tertiary/aromatic N) is 8. The molecule has 0 saturated carbocycles. The zero-order chi connectivity index (χ0) is 42.4. The first-order chi connectivity index (χ1) is 27.3. The normalized spacial score (nSPS) is 11.4. The number of halogens is 6. The Balaban J connectivity index is 0.000000310. The van der Waals surface area contributed by atoms with Crippen molar-refractivity contribution in [1.82, 2.24) is 39.5 Å². The van der Waals surface area contributed by atoms with Crippen LogP contribution < -0.4 is 50.8 Å². The van der Waals surface area contributed by atoms with Crippen LogP contribution in [-0.2, 0) is 26.4 Å². The summed E-state index contributed by atoms with van der Waals surface area (Å²) in [6.07, 6.45) is -2.86. The first-order valence-electron chi connectivity index (χ1n) is 16.7. The van der Waals surface area contributed by atoms with Crippen LogP contribution in [0, 0.1) is 0 Å². The van der Waals surface area contributed by atoms with Crippen LogP contribution in [0.3, 0.4) is 0 Å². The molecule has 2 amide bonds. The van der Waals surface area contributed by atoms with Crippen LogP contribution in [0.5, 0.6) is 0 Å². The van der Waals surface area contributed by atoms with Gasteiger partial charge in [-0.25, -0.2) is 19.9 Å². The molecule has 16 nitrogen and oxygen atoms in total. The second-order valence-electron chi connectivity index (χ2n) is 12.2. The zero-order valence-electron chi connectivity index (χ0n) is 31.7. The van der Waals surface area contributed by atoms with Crippen LogP contribution in [0.2, 0.25) is 0 Å². The molecule has 0 saturated heterocycles. The van der Waals surface area contributed by atoms with Crippen LogP contribution in [-0.4, -0.2) is 70.6 Å². The standard InChI is InChI=1S/C18H17F3N6O2.C18H15F3N6O2.BH4.Na/c2*1-10(28)16-13(9-24-27(16)2)25-17(29)11-5-6-22-15(7-11)26-14-4-3-12(8-23-14)18(19,20)21;;/h3-10,28H,1-2H3,(H,25,29)(H,22,23,26);3-9H,1-2H3,(H,25,29)(H,22,23,26);1H4;/q;;-1;+1. The van der Waals surface area contributed by atoms with Gasteiger partial charge in [0.2, 0.25) is 0 Å². The summed E-state index contributed by atoms with van der Waals surface area (Å²) in [5.41, 5.74) is 0.0438. The Kier molecular flexibility index (Phi) is 16.2. The number of carbonyl (C=O) groups is 3. The van der Waals surface area contributed by atoms with Crippen LogP contribution in [0.4, 0.5) is 61.0 Å². The number of Topliss-reactive ketones (excluding diaryl/α,β-unsaturated/α-hetero) is 1. The zero-order valence-corrected chi connectivity index (χ0v) is 33.7. The van der Waals surface area contributed by atoms with Crippen molar-refractivity contribution in [3.63, 3.8) is 0 Å². The smallest absolute Gasteiger partial charge is 0.387 e. The summed E-state index contributed by atoms with van der Waals surface area (Å²) in [4.78, 5) is 52.2. The average Bonchev–Trinajstić information content (AvgIpc) is 3.72. The van der Waals surface area contributed by atoms with E-state index in [0.717, 1.165) is 18.2 Å². The number of aryl methyl sites for hydroxylation is 2. The maximum atomic E-state index is 12.6. The number of hydrogen-bond acceptors (Lipinski definition) is 12. The minimum Gasteiger partial charge on any atom is -0.387 e. The average molecular weight is 849 g/mol. The summed E-state index contributed by atoms with van der Waals surface area (Å²) in [7, 11) is 3.22. The molecule has 0 fully saturated rings. The van der Waals surface area contributed by atoms with Gasteiger partial charge in [0.15, 0.2) is 5.78 Å². The molecule has 0 aliphatic rings. The van der Waals surface area contributed by atoms with Gasteiger partial charge in [-0.1, -0.05) is 8.41 Å². The Bertz CT molecular complexity index is 2430. The van der Waals surface area contributed by atoms with Crippen molar-refractivity contribution in [3.05, 3.63) is 119 Å². The minimum absolute atomic E-state index is 0. The topological polar surface area (TPSA) is 207 Å². The number of amides is 2. The van der Waals surface area contributed by atoms with E-state index in [4.69, 9.17) is 0 Å². The third-order valence-corrected chi connectivity index (χ3v) is 7.89. The molecule has 0 bridgehead atoms. The number of nitrogens with one attached hydrogen (secondary N) is 4. The van der Waals surface area contributed by atoms with E-state index < -0.39 is 41.4 Å². The van der Waals surface area contributed by atoms with Gasteiger partial charge in [-0.15, -0.1) is 0 Å². The molecule has 60 heavy (non-hydrogen) atoms. The fraction of sp³-hybridized carbons (Fsp3) is 0.194. The summed E-state index contributed by atoms with van der Waals surface area (Å²) >= 11 is 0. The van der Waals surface area contributed by atoms with Gasteiger partial charge in [-0.3, -0.25) is 23.7 Å². The molecular weight excluding hydrogens is 812 g/mol. The molecule has 0 radical (unpaired) electrons. The number of alkyl halides is 6. The van der Waals surface area contributed by atoms with Crippen molar-refractivity contribution in [3.8, 4) is 0 Å². The number of carbonyl (C=O) groups excluding carboxylic acids is 3. The van der Waals surface area contributed by atoms with Crippen molar-refractivity contribution in [2.45, 2.75) is 32.3 Å². The maximum absolute atomic E-state index is 12.6. The van der Waals surface area contributed by atoms with E-state index in [1.54, 1.807) is 21.0 Å². The van der Waals surface area contributed by atoms with Crippen molar-refractivity contribution >= 4 is 60.7 Å². The van der Waals surface area contributed by atoms with E-state index in [9.17, 15) is 45.8 Å². The molecule has 0 aromatic carbocycles. The summed E-state index contributed by atoms with van der Waals surface area (Å²) in [6, 6.07) is 9.85. The summed E-state index contributed by atoms with van der Waals surface area (Å²) in [5, 5.41) is 28.5. The number of ketones is 1. The molecule has 6 aromatic rings. The molecular formula is C36H36BF6N12NaO4. The number of pyridine rings is 4. The maximum Gasteiger partial charge on any atom is 1.00 e. The first kappa shape index (κ1) is 48.2. The van der Waals surface area contributed by atoms with Gasteiger partial charge < -0.3 is 26.4 Å². The number of rotatable bonds is 10. The van der Waals surface area contributed by atoms with Gasteiger partial charge in [0.1, 0.15) is 29.0 Å². The molecule has 24 heteroatoms. The van der Waals surface area contributed by atoms with E-state index >= 15 is 0 Å². The van der Waals surface area contributed by atoms with Crippen LogP contribution >= 0.6 is 0 Å². The van der Waals surface area contributed by atoms with Gasteiger partial charge in [-0.05, 0) is 55.5 Å². The van der Waals surface area contributed by atoms with Crippen molar-refractivity contribution in [2.24, 2.45) is 14.1 Å². The Morgan fingerprint density at radius 1 is 0.650 bits per heavy atom. The Morgan fingerprint density at radius 3 is 1.48 bits per heavy atom. The fourth-order valence-electron chi connectivity index (χ4n) is 5.19. The first-order valence-corrected chi connectivity index (χ1v) is 16.7. The van der Waals surface area contributed by atoms with Gasteiger partial charge in [0.05, 0.1) is 46.7 Å². The predicted octanol–water partition coefficient (Wildman–Crippen LogP) is 2.26. The molecule has 5 N–H and O–H groups in total. The summed E-state index contributed by atoms with van der Waals surface area (Å²) < 4.78 is 78.4. The second-order valence-corrected chi connectivity index (χ2v) is 12.2. The van der Waals surface area contributed by atoms with Gasteiger partial charge >= 0.3 is 41.9 Å². The summed E-state index contributed by atoms with van der Waals surface area (Å²) in [6.45, 7) is 2.91. The SMILES string of the molecule is CC(=O)c1c(NC(=O)c2ccnc(Nc3ccc(C(F)(F)F)cn3)c2)cnn1C.CC(O)c1c(NC(=O)c2ccnc(Nc3ccc(C(F)(F)F)cn3)c2)cnn1C.[BH4-].[Na+]. The van der Waals surface area contributed by atoms with Crippen molar-refractivity contribution in [2.75, 3.05) is 21.3 Å². The van der Waals surface area contributed by atoms with E-state index in [-0.39, 0.29) is 89.5 Å². The number of aliphatic hydroxyl groups excluding tert-OH is 1. The molecule has 0 aliphatic heterocycles. The molecule has 6 aromatic heterocycles. The fourth-order valence-corrected chi connectivity index (χ4v) is 5.19. The molecule has 1 atom stereocenters. The van der Waals surface area contributed by atoms with Crippen molar-refractivity contribution in [1.29, 1.82) is 0 Å². The monoisotopic (exact) mass is 848 g/mol. The third-order valence-electron chi connectivity index (χ3n) is 7.89. The molecule has 1 unspecified atom stereocenters. The number of hydrogen-bond donors (Lipinski definition) is 5. The van der Waals surface area contributed by atoms with Crippen LogP contribution in [0.25, 0.3) is 0 Å². The van der Waals surface area contributed by atoms with Crippen molar-refractivity contribution < 1.29 is 75.4 Å². The molecule has 0 spiro atoms. The number of aliphatic hydroxyl groups is 1. The van der Waals surface area contributed by atoms with E-state index in [0.29, 0.717) is 23.8 Å². The summed E-state index contributed by atoms with van der Waals surface area (Å²) in [5.74, 6) is -0.515. The van der Waals surface area contributed by atoms with Gasteiger partial charge in [0.25, 0.3) is 11.8 Å². The van der Waals surface area contributed by atoms with Gasteiger partial charge in [-0.2, -0.15) is 36.5 Å². The Morgan fingerprint density at radius 2 is 1.08 bits per heavy atom. The molecule has 6 rings (SSSR count). The quantitative estimate of drug-likeness (QED) is 0.0765.